The van der Waals surface area contributed by atoms with Crippen molar-refractivity contribution >= 4 is 6.29 Å². The van der Waals surface area contributed by atoms with Gasteiger partial charge >= 0.3 is 0 Å². The molecule has 1 aliphatic carbocycles. The summed E-state index contributed by atoms with van der Waals surface area (Å²) in [6.07, 6.45) is 5.05. The van der Waals surface area contributed by atoms with Crippen LogP contribution in [-0.2, 0) is 0 Å². The Kier molecular flexibility index (Phi) is 5.76. The summed E-state index contributed by atoms with van der Waals surface area (Å²) >= 11 is 0. The highest BCUT2D eigenvalue weighted by molar-refractivity contribution is 5.78. The molecule has 0 radical (unpaired) electrons. The maximum Gasteiger partial charge on any atom is 0.155 e. The molecule has 0 aliphatic heterocycles. The summed E-state index contributed by atoms with van der Waals surface area (Å²) in [5.74, 6) is -1.19. The van der Waals surface area contributed by atoms with Crippen LogP contribution in [0.15, 0.2) is 54.6 Å². The van der Waals surface area contributed by atoms with Crippen LogP contribution in [0.25, 0.3) is 22.3 Å². The van der Waals surface area contributed by atoms with Crippen molar-refractivity contribution in [3.63, 3.8) is 0 Å². The third-order valence-corrected chi connectivity index (χ3v) is 6.21. The van der Waals surface area contributed by atoms with Crippen LogP contribution in [0.2, 0.25) is 0 Å². The molecule has 0 N–H and O–H groups in total. The van der Waals surface area contributed by atoms with Crippen molar-refractivity contribution in [1.29, 1.82) is 0 Å². The topological polar surface area (TPSA) is 17.1 Å². The molecule has 4 rings (SSSR count). The van der Waals surface area contributed by atoms with Gasteiger partial charge in [-0.2, -0.15) is 0 Å². The summed E-state index contributed by atoms with van der Waals surface area (Å²) < 4.78 is 42.5. The van der Waals surface area contributed by atoms with Gasteiger partial charge in [0.15, 0.2) is 6.29 Å². The number of hydrogen-bond donors (Lipinski definition) is 0. The fraction of sp³-hybridized carbons (Fsp3) is 0.269. The summed E-state index contributed by atoms with van der Waals surface area (Å²) in [6.45, 7) is 2.30. The molecule has 154 valence electrons. The molecule has 0 amide bonds. The van der Waals surface area contributed by atoms with E-state index in [4.69, 9.17) is 0 Å². The molecule has 0 heterocycles. The van der Waals surface area contributed by atoms with Crippen molar-refractivity contribution in [1.82, 2.24) is 0 Å². The molecule has 1 nitrogen and oxygen atoms in total. The van der Waals surface area contributed by atoms with Crippen LogP contribution in [0, 0.1) is 23.4 Å². The number of carbonyl (C=O) groups is 1. The predicted octanol–water partition coefficient (Wildman–Crippen LogP) is 7.54. The third-order valence-electron chi connectivity index (χ3n) is 6.21. The number of hydrogen-bond acceptors (Lipinski definition) is 1. The van der Waals surface area contributed by atoms with E-state index in [2.05, 4.69) is 19.1 Å². The van der Waals surface area contributed by atoms with E-state index in [1.54, 1.807) is 6.07 Å². The smallest absolute Gasteiger partial charge is 0.155 e. The third kappa shape index (κ3) is 4.04. The van der Waals surface area contributed by atoms with E-state index in [9.17, 15) is 18.0 Å². The van der Waals surface area contributed by atoms with Gasteiger partial charge in [0, 0.05) is 5.56 Å². The minimum atomic E-state index is -1.00. The van der Waals surface area contributed by atoms with Crippen molar-refractivity contribution in [2.24, 2.45) is 5.92 Å². The highest BCUT2D eigenvalue weighted by atomic mass is 19.1. The Bertz CT molecular complexity index is 1040. The molecule has 0 saturated heterocycles. The van der Waals surface area contributed by atoms with Crippen LogP contribution in [0.1, 0.15) is 54.4 Å². The lowest BCUT2D eigenvalue weighted by molar-refractivity contribution is 0.111. The van der Waals surface area contributed by atoms with Gasteiger partial charge in [0.2, 0.25) is 0 Å². The van der Waals surface area contributed by atoms with Gasteiger partial charge in [0.1, 0.15) is 17.5 Å². The van der Waals surface area contributed by atoms with E-state index in [0.29, 0.717) is 11.5 Å². The first kappa shape index (κ1) is 20.4. The normalized spacial score (nSPS) is 18.9. The molecular formula is C26H23F3O. The second-order valence-corrected chi connectivity index (χ2v) is 8.24. The van der Waals surface area contributed by atoms with E-state index in [1.807, 2.05) is 12.1 Å². The predicted molar refractivity (Wildman–Crippen MR) is 113 cm³/mol. The Morgan fingerprint density at radius 1 is 0.733 bits per heavy atom. The number of carbonyl (C=O) groups excluding carboxylic acids is 1. The van der Waals surface area contributed by atoms with E-state index in [-0.39, 0.29) is 17.4 Å². The summed E-state index contributed by atoms with van der Waals surface area (Å²) in [4.78, 5) is 10.7. The lowest BCUT2D eigenvalue weighted by Crippen LogP contribution is -2.10. The highest BCUT2D eigenvalue weighted by Gasteiger charge is 2.20. The Balaban J connectivity index is 1.58. The van der Waals surface area contributed by atoms with Gasteiger partial charge in [-0.3, -0.25) is 4.79 Å². The molecule has 30 heavy (non-hydrogen) atoms. The Hall–Kier alpha value is -2.88. The maximum absolute atomic E-state index is 14.8. The number of halogens is 3. The monoisotopic (exact) mass is 408 g/mol. The second kappa shape index (κ2) is 8.47. The number of aldehydes is 1. The van der Waals surface area contributed by atoms with Gasteiger partial charge in [0.25, 0.3) is 0 Å². The average molecular weight is 408 g/mol. The highest BCUT2D eigenvalue weighted by Crippen LogP contribution is 2.36. The van der Waals surface area contributed by atoms with Crippen LogP contribution in [0.5, 0.6) is 0 Å². The van der Waals surface area contributed by atoms with E-state index in [1.165, 1.54) is 43.4 Å². The Morgan fingerprint density at radius 3 is 1.87 bits per heavy atom. The Morgan fingerprint density at radius 2 is 1.30 bits per heavy atom. The Labute approximate surface area is 174 Å². The van der Waals surface area contributed by atoms with Crippen molar-refractivity contribution in [2.75, 3.05) is 0 Å². The van der Waals surface area contributed by atoms with Crippen LogP contribution in [-0.4, -0.2) is 6.29 Å². The molecule has 4 heteroatoms. The fourth-order valence-electron chi connectivity index (χ4n) is 4.32. The van der Waals surface area contributed by atoms with E-state index in [0.717, 1.165) is 23.6 Å². The van der Waals surface area contributed by atoms with Gasteiger partial charge in [-0.25, -0.2) is 13.2 Å². The zero-order valence-corrected chi connectivity index (χ0v) is 16.8. The molecule has 1 aliphatic rings. The lowest BCUT2D eigenvalue weighted by atomic mass is 9.79. The molecular weight excluding hydrogens is 385 g/mol. The van der Waals surface area contributed by atoms with Gasteiger partial charge in [-0.15, -0.1) is 0 Å². The molecule has 3 aromatic rings. The quantitative estimate of drug-likeness (QED) is 0.408. The molecule has 0 unspecified atom stereocenters. The average Bonchev–Trinajstić information content (AvgIpc) is 2.74. The molecule has 3 aromatic carbocycles. The summed E-state index contributed by atoms with van der Waals surface area (Å²) in [6, 6.07) is 14.8. The molecule has 1 fully saturated rings. The second-order valence-electron chi connectivity index (χ2n) is 8.24. The van der Waals surface area contributed by atoms with Gasteiger partial charge in [-0.1, -0.05) is 56.2 Å². The van der Waals surface area contributed by atoms with Crippen molar-refractivity contribution < 1.29 is 18.0 Å². The van der Waals surface area contributed by atoms with Crippen LogP contribution < -0.4 is 0 Å². The van der Waals surface area contributed by atoms with Gasteiger partial charge in [-0.05, 0) is 65.1 Å². The summed E-state index contributed by atoms with van der Waals surface area (Å²) in [5, 5.41) is 0. The molecule has 0 atom stereocenters. The van der Waals surface area contributed by atoms with Crippen LogP contribution in [0.4, 0.5) is 13.2 Å². The fourth-order valence-corrected chi connectivity index (χ4v) is 4.32. The summed E-state index contributed by atoms with van der Waals surface area (Å²) in [5.41, 5.74) is 2.41. The van der Waals surface area contributed by atoms with Gasteiger partial charge in [0.05, 0.1) is 5.56 Å². The zero-order valence-electron chi connectivity index (χ0n) is 16.8. The van der Waals surface area contributed by atoms with Crippen LogP contribution >= 0.6 is 0 Å². The zero-order chi connectivity index (χ0) is 21.3. The number of rotatable bonds is 4. The maximum atomic E-state index is 14.8. The molecule has 1 saturated carbocycles. The molecule has 0 aromatic heterocycles. The standard InChI is InChI=1S/C26H23F3O/c1-16-2-4-17(5-3-16)18-6-8-19(9-7-18)20-10-11-22(24(27)12-20)21-13-25(28)23(15-30)26(29)14-21/h6-17H,2-5H2,1H3. The van der Waals surface area contributed by atoms with Gasteiger partial charge < -0.3 is 0 Å². The minimum Gasteiger partial charge on any atom is -0.298 e. The molecule has 0 bridgehead atoms. The minimum absolute atomic E-state index is 0.0570. The molecule has 0 spiro atoms. The number of benzene rings is 3. The van der Waals surface area contributed by atoms with Crippen molar-refractivity contribution in [3.05, 3.63) is 83.2 Å². The van der Waals surface area contributed by atoms with E-state index < -0.39 is 23.0 Å². The first-order valence-electron chi connectivity index (χ1n) is 10.3. The van der Waals surface area contributed by atoms with Crippen molar-refractivity contribution in [3.8, 4) is 22.3 Å². The van der Waals surface area contributed by atoms with Crippen LogP contribution in [0.3, 0.4) is 0 Å². The summed E-state index contributed by atoms with van der Waals surface area (Å²) in [7, 11) is 0. The first-order chi connectivity index (χ1) is 14.5. The largest absolute Gasteiger partial charge is 0.298 e. The SMILES string of the molecule is CC1CCC(c2ccc(-c3ccc(-c4cc(F)c(C=O)c(F)c4)c(F)c3)cc2)CC1. The van der Waals surface area contributed by atoms with Crippen molar-refractivity contribution in [2.45, 2.75) is 38.5 Å². The lowest BCUT2D eigenvalue weighted by Gasteiger charge is -2.26. The van der Waals surface area contributed by atoms with E-state index >= 15 is 0 Å². The first-order valence-corrected chi connectivity index (χ1v) is 10.3.